The molecule has 0 aliphatic heterocycles. The molecule has 1 saturated carbocycles. The fourth-order valence-corrected chi connectivity index (χ4v) is 1.97. The summed E-state index contributed by atoms with van der Waals surface area (Å²) in [5.74, 6) is 0. The predicted molar refractivity (Wildman–Crippen MR) is 55.8 cm³/mol. The molecule has 1 aromatic rings. The zero-order valence-corrected chi connectivity index (χ0v) is 9.69. The van der Waals surface area contributed by atoms with Crippen LogP contribution in [0.15, 0.2) is 30.3 Å². The monoisotopic (exact) mass is 227 g/mol. The van der Waals surface area contributed by atoms with Crippen molar-refractivity contribution in [3.8, 4) is 0 Å². The van der Waals surface area contributed by atoms with E-state index in [9.17, 15) is 5.11 Å². The van der Waals surface area contributed by atoms with Crippen molar-refractivity contribution in [2.24, 2.45) is 0 Å². The van der Waals surface area contributed by atoms with E-state index in [4.69, 9.17) is 0 Å². The van der Waals surface area contributed by atoms with Crippen LogP contribution in [-0.2, 0) is 0 Å². The summed E-state index contributed by atoms with van der Waals surface area (Å²) in [5, 5.41) is 11.8. The minimum atomic E-state index is -0.0823. The molecule has 0 heterocycles. The van der Waals surface area contributed by atoms with Crippen LogP contribution >= 0.6 is 0 Å². The largest absolute Gasteiger partial charge is 1.00 e. The SMILES string of the molecule is C[C@@H]([NH2+][C@@H]1CC[C@@H]1O)c1ccccc1.[Cl-]. The van der Waals surface area contributed by atoms with E-state index in [0.717, 1.165) is 12.8 Å². The standard InChI is InChI=1S/C12H17NO.ClH/c1-9(10-5-3-2-4-6-10)13-11-7-8-12(11)14;/h2-6,9,11-14H,7-8H2,1H3;1H/t9-,11-,12+;/m1./s1. The topological polar surface area (TPSA) is 36.8 Å². The Hall–Kier alpha value is -0.570. The number of halogens is 1. The average Bonchev–Trinajstić information content (AvgIpc) is 2.24. The number of benzene rings is 1. The fourth-order valence-electron chi connectivity index (χ4n) is 1.97. The van der Waals surface area contributed by atoms with Crippen molar-refractivity contribution >= 4 is 0 Å². The first-order chi connectivity index (χ1) is 6.77. The van der Waals surface area contributed by atoms with E-state index in [0.29, 0.717) is 12.1 Å². The van der Waals surface area contributed by atoms with Crippen LogP contribution in [0.3, 0.4) is 0 Å². The van der Waals surface area contributed by atoms with Crippen LogP contribution in [-0.4, -0.2) is 17.3 Å². The lowest BCUT2D eigenvalue weighted by molar-refractivity contribution is -0.740. The number of rotatable bonds is 3. The van der Waals surface area contributed by atoms with E-state index in [1.807, 2.05) is 6.07 Å². The summed E-state index contributed by atoms with van der Waals surface area (Å²) in [6.45, 7) is 2.19. The first-order valence-electron chi connectivity index (χ1n) is 5.35. The Morgan fingerprint density at radius 2 is 1.93 bits per heavy atom. The molecule has 1 fully saturated rings. The van der Waals surface area contributed by atoms with Gasteiger partial charge in [0.2, 0.25) is 0 Å². The van der Waals surface area contributed by atoms with E-state index in [-0.39, 0.29) is 18.5 Å². The zero-order chi connectivity index (χ0) is 9.97. The van der Waals surface area contributed by atoms with E-state index >= 15 is 0 Å². The summed E-state index contributed by atoms with van der Waals surface area (Å²) in [7, 11) is 0. The van der Waals surface area contributed by atoms with Gasteiger partial charge >= 0.3 is 0 Å². The van der Waals surface area contributed by atoms with Gasteiger partial charge in [-0.05, 0) is 13.3 Å². The fraction of sp³-hybridized carbons (Fsp3) is 0.500. The average molecular weight is 228 g/mol. The Kier molecular flexibility index (Phi) is 4.58. The van der Waals surface area contributed by atoms with Gasteiger partial charge in [-0.3, -0.25) is 0 Å². The second kappa shape index (κ2) is 5.50. The number of hydrogen-bond donors (Lipinski definition) is 2. The highest BCUT2D eigenvalue weighted by atomic mass is 35.5. The molecule has 0 spiro atoms. The van der Waals surface area contributed by atoms with Crippen molar-refractivity contribution in [2.75, 3.05) is 0 Å². The van der Waals surface area contributed by atoms with Gasteiger partial charge in [0, 0.05) is 12.0 Å². The molecule has 1 aliphatic rings. The maximum Gasteiger partial charge on any atom is 0.113 e. The van der Waals surface area contributed by atoms with Crippen molar-refractivity contribution in [2.45, 2.75) is 38.0 Å². The highest BCUT2D eigenvalue weighted by Crippen LogP contribution is 2.17. The van der Waals surface area contributed by atoms with Crippen LogP contribution in [0.4, 0.5) is 0 Å². The Balaban J connectivity index is 0.00000112. The Morgan fingerprint density at radius 3 is 2.40 bits per heavy atom. The highest BCUT2D eigenvalue weighted by Gasteiger charge is 2.33. The maximum atomic E-state index is 9.47. The van der Waals surface area contributed by atoms with Crippen molar-refractivity contribution in [3.05, 3.63) is 35.9 Å². The smallest absolute Gasteiger partial charge is 0.113 e. The van der Waals surface area contributed by atoms with Crippen LogP contribution in [0, 0.1) is 0 Å². The van der Waals surface area contributed by atoms with E-state index in [1.165, 1.54) is 5.56 Å². The molecule has 3 N–H and O–H groups in total. The zero-order valence-electron chi connectivity index (χ0n) is 8.94. The third kappa shape index (κ3) is 2.94. The Labute approximate surface area is 97.1 Å². The molecule has 2 rings (SSSR count). The van der Waals surface area contributed by atoms with Gasteiger partial charge in [-0.2, -0.15) is 0 Å². The molecule has 84 valence electrons. The van der Waals surface area contributed by atoms with Crippen LogP contribution in [0.5, 0.6) is 0 Å². The molecular weight excluding hydrogens is 210 g/mol. The third-order valence-corrected chi connectivity index (χ3v) is 3.15. The summed E-state index contributed by atoms with van der Waals surface area (Å²) in [4.78, 5) is 0. The van der Waals surface area contributed by atoms with E-state index in [2.05, 4.69) is 36.5 Å². The molecule has 0 saturated heterocycles. The minimum Gasteiger partial charge on any atom is -1.00 e. The van der Waals surface area contributed by atoms with E-state index in [1.54, 1.807) is 0 Å². The number of nitrogens with two attached hydrogens (primary N) is 1. The number of hydrogen-bond acceptors (Lipinski definition) is 1. The van der Waals surface area contributed by atoms with E-state index < -0.39 is 0 Å². The first-order valence-corrected chi connectivity index (χ1v) is 5.35. The summed E-state index contributed by atoms with van der Waals surface area (Å²) in [6.07, 6.45) is 2.04. The molecule has 0 aromatic heterocycles. The van der Waals surface area contributed by atoms with Crippen molar-refractivity contribution in [1.82, 2.24) is 0 Å². The van der Waals surface area contributed by atoms with Gasteiger partial charge in [0.25, 0.3) is 0 Å². The molecule has 1 aromatic carbocycles. The second-order valence-corrected chi connectivity index (χ2v) is 4.20. The predicted octanol–water partition coefficient (Wildman–Crippen LogP) is -2.16. The van der Waals surface area contributed by atoms with Gasteiger partial charge in [0.05, 0.1) is 0 Å². The Bertz CT molecular complexity index is 291. The van der Waals surface area contributed by atoms with Gasteiger partial charge in [-0.25, -0.2) is 0 Å². The lowest BCUT2D eigenvalue weighted by Crippen LogP contribution is -3.00. The van der Waals surface area contributed by atoms with Gasteiger partial charge in [-0.15, -0.1) is 0 Å². The van der Waals surface area contributed by atoms with Crippen LogP contribution in [0.25, 0.3) is 0 Å². The lowest BCUT2D eigenvalue weighted by atomic mass is 9.88. The number of quaternary nitrogens is 1. The molecule has 2 nitrogen and oxygen atoms in total. The van der Waals surface area contributed by atoms with Crippen LogP contribution in [0.2, 0.25) is 0 Å². The van der Waals surface area contributed by atoms with Crippen molar-refractivity contribution in [3.63, 3.8) is 0 Å². The van der Waals surface area contributed by atoms with Crippen molar-refractivity contribution in [1.29, 1.82) is 0 Å². The second-order valence-electron chi connectivity index (χ2n) is 4.20. The third-order valence-electron chi connectivity index (χ3n) is 3.15. The molecule has 0 amide bonds. The minimum absolute atomic E-state index is 0. The highest BCUT2D eigenvalue weighted by molar-refractivity contribution is 5.16. The quantitative estimate of drug-likeness (QED) is 0.607. The molecule has 3 heteroatoms. The number of aliphatic hydroxyl groups excluding tert-OH is 1. The van der Waals surface area contributed by atoms with Crippen LogP contribution in [0.1, 0.15) is 31.4 Å². The van der Waals surface area contributed by atoms with Gasteiger partial charge in [-0.1, -0.05) is 30.3 Å². The summed E-state index contributed by atoms with van der Waals surface area (Å²) in [6, 6.07) is 11.3. The van der Waals surface area contributed by atoms with Gasteiger partial charge in [0.1, 0.15) is 18.2 Å². The summed E-state index contributed by atoms with van der Waals surface area (Å²) in [5.41, 5.74) is 1.34. The molecule has 15 heavy (non-hydrogen) atoms. The van der Waals surface area contributed by atoms with Crippen LogP contribution < -0.4 is 17.7 Å². The maximum absolute atomic E-state index is 9.47. The normalized spacial score (nSPS) is 26.3. The van der Waals surface area contributed by atoms with Gasteiger partial charge in [0.15, 0.2) is 0 Å². The van der Waals surface area contributed by atoms with Gasteiger partial charge < -0.3 is 22.8 Å². The Morgan fingerprint density at radius 1 is 1.27 bits per heavy atom. The molecule has 0 bridgehead atoms. The summed E-state index contributed by atoms with van der Waals surface area (Å²) < 4.78 is 0. The molecule has 3 atom stereocenters. The number of aliphatic hydroxyl groups is 1. The lowest BCUT2D eigenvalue weighted by Gasteiger charge is -2.32. The summed E-state index contributed by atoms with van der Waals surface area (Å²) >= 11 is 0. The first kappa shape index (κ1) is 12.5. The molecule has 0 radical (unpaired) electrons. The molecule has 1 aliphatic carbocycles. The van der Waals surface area contributed by atoms with Crippen molar-refractivity contribution < 1.29 is 22.8 Å². The molecular formula is C12H18ClNO. The molecule has 0 unspecified atom stereocenters.